The van der Waals surface area contributed by atoms with Crippen LogP contribution in [0.3, 0.4) is 0 Å². The average Bonchev–Trinajstić information content (AvgIpc) is 2.60. The van der Waals surface area contributed by atoms with E-state index in [9.17, 15) is 0 Å². The Morgan fingerprint density at radius 2 is 1.92 bits per heavy atom. The molecule has 1 aromatic carbocycles. The second kappa shape index (κ2) is 7.72. The minimum atomic E-state index is 0.503. The third-order valence-corrected chi connectivity index (χ3v) is 3.48. The van der Waals surface area contributed by atoms with E-state index in [4.69, 9.17) is 17.3 Å². The molecule has 0 aliphatic rings. The maximum Gasteiger partial charge on any atom is 0.227 e. The molecular formula is C17H17ClN6. The quantitative estimate of drug-likeness (QED) is 0.638. The minimum absolute atomic E-state index is 0.503. The summed E-state index contributed by atoms with van der Waals surface area (Å²) in [6, 6.07) is 13.1. The Bertz CT molecular complexity index is 823. The van der Waals surface area contributed by atoms with Gasteiger partial charge in [0, 0.05) is 41.8 Å². The van der Waals surface area contributed by atoms with E-state index in [1.807, 2.05) is 42.5 Å². The molecule has 0 atom stereocenters. The van der Waals surface area contributed by atoms with Gasteiger partial charge in [-0.25, -0.2) is 15.0 Å². The van der Waals surface area contributed by atoms with Crippen LogP contribution in [0.5, 0.6) is 0 Å². The van der Waals surface area contributed by atoms with E-state index in [1.54, 1.807) is 12.4 Å². The lowest BCUT2D eigenvalue weighted by molar-refractivity contribution is 1.01. The fourth-order valence-corrected chi connectivity index (χ4v) is 2.35. The number of hydrogen-bond donors (Lipinski definition) is 3. The van der Waals surface area contributed by atoms with Gasteiger partial charge in [-0.15, -0.1) is 0 Å². The Balaban J connectivity index is 1.82. The average molecular weight is 341 g/mol. The maximum absolute atomic E-state index is 5.99. The Morgan fingerprint density at radius 3 is 2.75 bits per heavy atom. The summed E-state index contributed by atoms with van der Waals surface area (Å²) in [5.41, 5.74) is 8.08. The lowest BCUT2D eigenvalue weighted by atomic mass is 10.2. The molecule has 2 aromatic heterocycles. The Morgan fingerprint density at radius 1 is 1.04 bits per heavy atom. The van der Waals surface area contributed by atoms with Gasteiger partial charge >= 0.3 is 0 Å². The smallest absolute Gasteiger partial charge is 0.227 e. The molecule has 0 aliphatic heterocycles. The number of nitrogens with two attached hydrogens (primary N) is 1. The van der Waals surface area contributed by atoms with Crippen molar-refractivity contribution >= 4 is 29.1 Å². The zero-order valence-electron chi connectivity index (χ0n) is 12.9. The lowest BCUT2D eigenvalue weighted by Crippen LogP contribution is -2.13. The molecular weight excluding hydrogens is 324 g/mol. The second-order valence-corrected chi connectivity index (χ2v) is 5.48. The Labute approximate surface area is 145 Å². The predicted molar refractivity (Wildman–Crippen MR) is 97.5 cm³/mol. The summed E-state index contributed by atoms with van der Waals surface area (Å²) in [7, 11) is 0. The molecule has 0 spiro atoms. The largest absolute Gasteiger partial charge is 0.369 e. The third kappa shape index (κ3) is 4.18. The van der Waals surface area contributed by atoms with Gasteiger partial charge < -0.3 is 16.4 Å². The number of aromatic nitrogens is 3. The number of nitrogens with zero attached hydrogens (tertiary/aromatic N) is 3. The van der Waals surface area contributed by atoms with Crippen LogP contribution >= 0.6 is 11.6 Å². The van der Waals surface area contributed by atoms with Gasteiger partial charge in [0.15, 0.2) is 0 Å². The molecule has 7 heteroatoms. The molecule has 0 unspecified atom stereocenters. The first-order valence-corrected chi connectivity index (χ1v) is 7.88. The topological polar surface area (TPSA) is 88.8 Å². The molecule has 0 fully saturated rings. The van der Waals surface area contributed by atoms with E-state index in [1.165, 1.54) is 0 Å². The number of pyridine rings is 1. The van der Waals surface area contributed by atoms with Crippen LogP contribution in [-0.2, 0) is 0 Å². The molecule has 122 valence electrons. The fourth-order valence-electron chi connectivity index (χ4n) is 2.16. The van der Waals surface area contributed by atoms with Crippen molar-refractivity contribution in [2.24, 2.45) is 5.73 Å². The third-order valence-electron chi connectivity index (χ3n) is 3.24. The molecule has 0 aliphatic carbocycles. The summed E-state index contributed by atoms with van der Waals surface area (Å²) in [6.07, 6.45) is 3.45. The molecule has 4 N–H and O–H groups in total. The van der Waals surface area contributed by atoms with Crippen molar-refractivity contribution in [1.82, 2.24) is 15.0 Å². The van der Waals surface area contributed by atoms with Crippen molar-refractivity contribution in [1.29, 1.82) is 0 Å². The van der Waals surface area contributed by atoms with E-state index in [2.05, 4.69) is 25.6 Å². The molecule has 3 rings (SSSR count). The van der Waals surface area contributed by atoms with Gasteiger partial charge in [0.1, 0.15) is 5.82 Å². The summed E-state index contributed by atoms with van der Waals surface area (Å²) in [6.45, 7) is 1.22. The Hall–Kier alpha value is -2.70. The van der Waals surface area contributed by atoms with Crippen molar-refractivity contribution < 1.29 is 0 Å². The Kier molecular flexibility index (Phi) is 5.20. The summed E-state index contributed by atoms with van der Waals surface area (Å²) in [5, 5.41) is 6.96. The van der Waals surface area contributed by atoms with Crippen molar-refractivity contribution in [3.05, 3.63) is 59.9 Å². The zero-order chi connectivity index (χ0) is 16.8. The van der Waals surface area contributed by atoms with Crippen LogP contribution in [0, 0.1) is 0 Å². The first-order valence-electron chi connectivity index (χ1n) is 7.50. The van der Waals surface area contributed by atoms with Gasteiger partial charge in [0.05, 0.1) is 5.69 Å². The van der Waals surface area contributed by atoms with Crippen LogP contribution in [0.15, 0.2) is 54.9 Å². The summed E-state index contributed by atoms with van der Waals surface area (Å²) >= 11 is 5.99. The van der Waals surface area contributed by atoms with Crippen molar-refractivity contribution in [2.45, 2.75) is 0 Å². The molecule has 6 nitrogen and oxygen atoms in total. The number of anilines is 3. The summed E-state index contributed by atoms with van der Waals surface area (Å²) in [4.78, 5) is 13.1. The van der Waals surface area contributed by atoms with E-state index >= 15 is 0 Å². The van der Waals surface area contributed by atoms with E-state index in [0.717, 1.165) is 22.8 Å². The van der Waals surface area contributed by atoms with Crippen LogP contribution in [0.4, 0.5) is 17.5 Å². The molecule has 0 amide bonds. The van der Waals surface area contributed by atoms with E-state index < -0.39 is 0 Å². The van der Waals surface area contributed by atoms with Gasteiger partial charge in [-0.3, -0.25) is 0 Å². The summed E-state index contributed by atoms with van der Waals surface area (Å²) < 4.78 is 0. The maximum atomic E-state index is 5.99. The number of nitrogens with one attached hydrogen (secondary N) is 2. The van der Waals surface area contributed by atoms with Crippen molar-refractivity contribution in [2.75, 3.05) is 23.7 Å². The minimum Gasteiger partial charge on any atom is -0.369 e. The van der Waals surface area contributed by atoms with E-state index in [0.29, 0.717) is 24.1 Å². The molecule has 2 heterocycles. The standard InChI is InChI=1S/C17H17ClN6/c18-13-2-1-3-14(11-13)23-17-22-8-5-15(24-17)12-4-7-20-16(10-12)21-9-6-19/h1-5,7-8,10-11H,6,9,19H2,(H,20,21)(H,22,23,24). The van der Waals surface area contributed by atoms with Crippen LogP contribution in [0.2, 0.25) is 5.02 Å². The monoisotopic (exact) mass is 340 g/mol. The first-order chi connectivity index (χ1) is 11.7. The normalized spacial score (nSPS) is 10.4. The predicted octanol–water partition coefficient (Wildman–Crippen LogP) is 3.31. The van der Waals surface area contributed by atoms with Crippen LogP contribution in [-0.4, -0.2) is 28.0 Å². The highest BCUT2D eigenvalue weighted by Gasteiger charge is 2.05. The number of hydrogen-bond acceptors (Lipinski definition) is 6. The summed E-state index contributed by atoms with van der Waals surface area (Å²) in [5.74, 6) is 1.27. The number of rotatable bonds is 6. The highest BCUT2D eigenvalue weighted by atomic mass is 35.5. The molecule has 0 saturated carbocycles. The molecule has 0 radical (unpaired) electrons. The van der Waals surface area contributed by atoms with Crippen LogP contribution in [0.25, 0.3) is 11.3 Å². The molecule has 24 heavy (non-hydrogen) atoms. The number of benzene rings is 1. The zero-order valence-corrected chi connectivity index (χ0v) is 13.7. The fraction of sp³-hybridized carbons (Fsp3) is 0.118. The molecule has 0 bridgehead atoms. The van der Waals surface area contributed by atoms with Gasteiger partial charge in [-0.05, 0) is 36.4 Å². The first kappa shape index (κ1) is 16.2. The van der Waals surface area contributed by atoms with Crippen LogP contribution in [0.1, 0.15) is 0 Å². The molecule has 3 aromatic rings. The highest BCUT2D eigenvalue weighted by molar-refractivity contribution is 6.30. The molecule has 0 saturated heterocycles. The van der Waals surface area contributed by atoms with Gasteiger partial charge in [0.2, 0.25) is 5.95 Å². The second-order valence-electron chi connectivity index (χ2n) is 5.05. The lowest BCUT2D eigenvalue weighted by Gasteiger charge is -2.08. The van der Waals surface area contributed by atoms with Gasteiger partial charge in [0.25, 0.3) is 0 Å². The SMILES string of the molecule is NCCNc1cc(-c2ccnc(Nc3cccc(Cl)c3)n2)ccn1. The van der Waals surface area contributed by atoms with Gasteiger partial charge in [-0.1, -0.05) is 17.7 Å². The van der Waals surface area contributed by atoms with E-state index in [-0.39, 0.29) is 0 Å². The van der Waals surface area contributed by atoms with Crippen molar-refractivity contribution in [3.8, 4) is 11.3 Å². The van der Waals surface area contributed by atoms with Crippen molar-refractivity contribution in [3.63, 3.8) is 0 Å². The number of halogens is 1. The van der Waals surface area contributed by atoms with Crippen LogP contribution < -0.4 is 16.4 Å². The highest BCUT2D eigenvalue weighted by Crippen LogP contribution is 2.22. The van der Waals surface area contributed by atoms with Gasteiger partial charge in [-0.2, -0.15) is 0 Å².